The van der Waals surface area contributed by atoms with Gasteiger partial charge in [0.25, 0.3) is 0 Å². The Bertz CT molecular complexity index is 1290. The normalized spacial score (nSPS) is 15.3. The molecular weight excluding hydrogens is 425 g/mol. The van der Waals surface area contributed by atoms with Crippen molar-refractivity contribution in [1.82, 2.24) is 14.9 Å². The SMILES string of the molecule is CN1CCC(c2cc3c(-c4cc(NCc5ccc(F)c(F)c5)ccc4F)ccnc3[nH]2)CC1. The Morgan fingerprint density at radius 3 is 2.52 bits per heavy atom. The van der Waals surface area contributed by atoms with E-state index in [2.05, 4.69) is 33.3 Å². The first kappa shape index (κ1) is 21.5. The number of aromatic nitrogens is 2. The summed E-state index contributed by atoms with van der Waals surface area (Å²) in [5.74, 6) is -1.66. The molecular formula is C26H25F3N4. The number of aromatic amines is 1. The van der Waals surface area contributed by atoms with Gasteiger partial charge in [0.2, 0.25) is 0 Å². The van der Waals surface area contributed by atoms with E-state index < -0.39 is 11.6 Å². The first-order valence-electron chi connectivity index (χ1n) is 11.1. The number of pyridine rings is 1. The van der Waals surface area contributed by atoms with Crippen LogP contribution in [0.2, 0.25) is 0 Å². The molecule has 170 valence electrons. The summed E-state index contributed by atoms with van der Waals surface area (Å²) in [4.78, 5) is 10.2. The number of hydrogen-bond donors (Lipinski definition) is 2. The minimum atomic E-state index is -0.888. The molecule has 0 unspecified atom stereocenters. The summed E-state index contributed by atoms with van der Waals surface area (Å²) in [5, 5.41) is 4.06. The van der Waals surface area contributed by atoms with Gasteiger partial charge < -0.3 is 15.2 Å². The number of H-pyrrole nitrogens is 1. The van der Waals surface area contributed by atoms with E-state index in [1.807, 2.05) is 6.07 Å². The van der Waals surface area contributed by atoms with Crippen LogP contribution in [0.25, 0.3) is 22.2 Å². The van der Waals surface area contributed by atoms with Crippen molar-refractivity contribution in [3.8, 4) is 11.1 Å². The monoisotopic (exact) mass is 450 g/mol. The first-order valence-corrected chi connectivity index (χ1v) is 11.1. The van der Waals surface area contributed by atoms with E-state index in [1.54, 1.807) is 18.3 Å². The molecule has 33 heavy (non-hydrogen) atoms. The quantitative estimate of drug-likeness (QED) is 0.388. The second kappa shape index (κ2) is 8.90. The fourth-order valence-electron chi connectivity index (χ4n) is 4.52. The number of anilines is 1. The number of halogens is 3. The molecule has 7 heteroatoms. The highest BCUT2D eigenvalue weighted by molar-refractivity contribution is 5.94. The molecule has 2 aromatic carbocycles. The van der Waals surface area contributed by atoms with Crippen molar-refractivity contribution in [3.05, 3.63) is 83.4 Å². The maximum absolute atomic E-state index is 14.9. The fourth-order valence-corrected chi connectivity index (χ4v) is 4.52. The molecule has 0 atom stereocenters. The first-order chi connectivity index (χ1) is 16.0. The number of fused-ring (bicyclic) bond motifs is 1. The summed E-state index contributed by atoms with van der Waals surface area (Å²) in [6.07, 6.45) is 3.85. The van der Waals surface area contributed by atoms with Crippen LogP contribution in [-0.2, 0) is 6.54 Å². The van der Waals surface area contributed by atoms with Crippen LogP contribution in [0.3, 0.4) is 0 Å². The van der Waals surface area contributed by atoms with Gasteiger partial charge in [-0.25, -0.2) is 18.2 Å². The summed E-state index contributed by atoms with van der Waals surface area (Å²) >= 11 is 0. The maximum Gasteiger partial charge on any atom is 0.159 e. The summed E-state index contributed by atoms with van der Waals surface area (Å²) in [6.45, 7) is 2.40. The van der Waals surface area contributed by atoms with Crippen LogP contribution in [0.5, 0.6) is 0 Å². The maximum atomic E-state index is 14.9. The Morgan fingerprint density at radius 1 is 0.939 bits per heavy atom. The molecule has 4 aromatic rings. The number of nitrogens with zero attached hydrogens (tertiary/aromatic N) is 2. The van der Waals surface area contributed by atoms with E-state index in [0.717, 1.165) is 60.4 Å². The van der Waals surface area contributed by atoms with E-state index in [-0.39, 0.29) is 5.82 Å². The lowest BCUT2D eigenvalue weighted by atomic mass is 9.93. The van der Waals surface area contributed by atoms with Crippen molar-refractivity contribution in [2.24, 2.45) is 0 Å². The van der Waals surface area contributed by atoms with Gasteiger partial charge in [0.15, 0.2) is 11.6 Å². The van der Waals surface area contributed by atoms with Crippen LogP contribution in [0.1, 0.15) is 30.0 Å². The highest BCUT2D eigenvalue weighted by Crippen LogP contribution is 2.35. The number of likely N-dealkylation sites (tertiary alicyclic amines) is 1. The molecule has 3 heterocycles. The van der Waals surface area contributed by atoms with Crippen LogP contribution in [-0.4, -0.2) is 35.0 Å². The predicted octanol–water partition coefficient (Wildman–Crippen LogP) is 6.07. The van der Waals surface area contributed by atoms with E-state index in [9.17, 15) is 13.2 Å². The van der Waals surface area contributed by atoms with Gasteiger partial charge in [0, 0.05) is 41.0 Å². The van der Waals surface area contributed by atoms with Gasteiger partial charge in [-0.1, -0.05) is 6.07 Å². The highest BCUT2D eigenvalue weighted by Gasteiger charge is 2.21. The van der Waals surface area contributed by atoms with Gasteiger partial charge in [-0.15, -0.1) is 0 Å². The summed E-state index contributed by atoms with van der Waals surface area (Å²) in [5.41, 5.74) is 4.41. The molecule has 0 aliphatic carbocycles. The van der Waals surface area contributed by atoms with Crippen molar-refractivity contribution in [1.29, 1.82) is 0 Å². The van der Waals surface area contributed by atoms with Gasteiger partial charge in [-0.2, -0.15) is 0 Å². The summed E-state index contributed by atoms with van der Waals surface area (Å²) < 4.78 is 41.5. The van der Waals surface area contributed by atoms with Gasteiger partial charge in [-0.05, 0) is 86.6 Å². The number of hydrogen-bond acceptors (Lipinski definition) is 3. The molecule has 1 saturated heterocycles. The van der Waals surface area contributed by atoms with Crippen LogP contribution in [0, 0.1) is 17.5 Å². The zero-order valence-electron chi connectivity index (χ0n) is 18.3. The molecule has 2 N–H and O–H groups in total. The van der Waals surface area contributed by atoms with Crippen molar-refractivity contribution < 1.29 is 13.2 Å². The second-order valence-electron chi connectivity index (χ2n) is 8.72. The highest BCUT2D eigenvalue weighted by atomic mass is 19.2. The van der Waals surface area contributed by atoms with Crippen molar-refractivity contribution in [2.75, 3.05) is 25.5 Å². The third-order valence-electron chi connectivity index (χ3n) is 6.45. The topological polar surface area (TPSA) is 44.0 Å². The van der Waals surface area contributed by atoms with Gasteiger partial charge >= 0.3 is 0 Å². The Labute approximate surface area is 190 Å². The Morgan fingerprint density at radius 2 is 1.73 bits per heavy atom. The average molecular weight is 451 g/mol. The second-order valence-corrected chi connectivity index (χ2v) is 8.72. The van der Waals surface area contributed by atoms with E-state index in [0.29, 0.717) is 29.3 Å². The molecule has 0 amide bonds. The van der Waals surface area contributed by atoms with Crippen LogP contribution in [0.4, 0.5) is 18.9 Å². The minimum Gasteiger partial charge on any atom is -0.381 e. The summed E-state index contributed by atoms with van der Waals surface area (Å²) in [6, 6.07) is 12.5. The lowest BCUT2D eigenvalue weighted by Crippen LogP contribution is -2.29. The fraction of sp³-hybridized carbons (Fsp3) is 0.269. The van der Waals surface area contributed by atoms with Crippen molar-refractivity contribution >= 4 is 16.7 Å². The number of benzene rings is 2. The van der Waals surface area contributed by atoms with Gasteiger partial charge in [-0.3, -0.25) is 0 Å². The largest absolute Gasteiger partial charge is 0.381 e. The van der Waals surface area contributed by atoms with E-state index >= 15 is 0 Å². The average Bonchev–Trinajstić information content (AvgIpc) is 3.26. The lowest BCUT2D eigenvalue weighted by molar-refractivity contribution is 0.254. The zero-order valence-corrected chi connectivity index (χ0v) is 18.3. The molecule has 1 fully saturated rings. The number of nitrogens with one attached hydrogen (secondary N) is 2. The van der Waals surface area contributed by atoms with Crippen LogP contribution in [0.15, 0.2) is 54.7 Å². The van der Waals surface area contributed by atoms with Gasteiger partial charge in [0.1, 0.15) is 11.5 Å². The minimum absolute atomic E-state index is 0.290. The lowest BCUT2D eigenvalue weighted by Gasteiger charge is -2.28. The molecule has 2 aromatic heterocycles. The Kier molecular flexibility index (Phi) is 5.81. The molecule has 1 aliphatic rings. The summed E-state index contributed by atoms with van der Waals surface area (Å²) in [7, 11) is 2.14. The third-order valence-corrected chi connectivity index (χ3v) is 6.45. The van der Waals surface area contributed by atoms with E-state index in [4.69, 9.17) is 0 Å². The smallest absolute Gasteiger partial charge is 0.159 e. The van der Waals surface area contributed by atoms with Crippen molar-refractivity contribution in [2.45, 2.75) is 25.3 Å². The van der Waals surface area contributed by atoms with Crippen LogP contribution < -0.4 is 5.32 Å². The predicted molar refractivity (Wildman–Crippen MR) is 125 cm³/mol. The molecule has 0 saturated carbocycles. The molecule has 4 nitrogen and oxygen atoms in total. The Hall–Kier alpha value is -3.32. The van der Waals surface area contributed by atoms with Gasteiger partial charge in [0.05, 0.1) is 0 Å². The number of rotatable bonds is 5. The van der Waals surface area contributed by atoms with Crippen LogP contribution >= 0.6 is 0 Å². The van der Waals surface area contributed by atoms with Crippen molar-refractivity contribution in [3.63, 3.8) is 0 Å². The molecule has 0 bridgehead atoms. The molecule has 0 spiro atoms. The standard InChI is InChI=1S/C26H25F3N4/c1-33-10-7-17(8-11-33)25-14-21-19(6-9-30-26(21)32-25)20-13-18(3-5-22(20)27)31-15-16-2-4-23(28)24(29)12-16/h2-6,9,12-14,17,31H,7-8,10-11,15H2,1H3,(H,30,32). The van der Waals surface area contributed by atoms with E-state index in [1.165, 1.54) is 12.1 Å². The molecule has 5 rings (SSSR count). The molecule has 0 radical (unpaired) electrons. The molecule has 1 aliphatic heterocycles. The third kappa shape index (κ3) is 4.46. The number of piperidine rings is 1. The Balaban J connectivity index is 1.43. The zero-order chi connectivity index (χ0) is 22.9.